The van der Waals surface area contributed by atoms with E-state index in [0.717, 1.165) is 13.0 Å². The fraction of sp³-hybridized carbons (Fsp3) is 0.381. The van der Waals surface area contributed by atoms with Crippen molar-refractivity contribution in [3.63, 3.8) is 0 Å². The van der Waals surface area contributed by atoms with Crippen LogP contribution in [0.2, 0.25) is 0 Å². The zero-order valence-electron chi connectivity index (χ0n) is 16.2. The molecule has 0 bridgehead atoms. The second-order valence-corrected chi connectivity index (χ2v) is 7.36. The Morgan fingerprint density at radius 1 is 1.14 bits per heavy atom. The van der Waals surface area contributed by atoms with E-state index in [2.05, 4.69) is 5.32 Å². The van der Waals surface area contributed by atoms with Gasteiger partial charge in [-0.3, -0.25) is 23.9 Å². The molecule has 3 N–H and O–H groups in total. The second kappa shape index (κ2) is 8.39. The number of rotatable bonds is 5. The van der Waals surface area contributed by atoms with Crippen LogP contribution in [0.15, 0.2) is 53.5 Å². The molecular weight excluding hydrogens is 356 g/mol. The highest BCUT2D eigenvalue weighted by molar-refractivity contribution is 5.95. The first kappa shape index (κ1) is 19.8. The van der Waals surface area contributed by atoms with E-state index in [1.165, 1.54) is 10.6 Å². The van der Waals surface area contributed by atoms with Crippen molar-refractivity contribution >= 4 is 11.8 Å². The molecule has 2 unspecified atom stereocenters. The third-order valence-corrected chi connectivity index (χ3v) is 5.17. The van der Waals surface area contributed by atoms with Crippen LogP contribution in [-0.4, -0.2) is 46.0 Å². The standard InChI is InChI=1S/C21H26N4O3/c1-14(2)24-13-5-6-17(19(24)20(22)27)23-21(28)15-8-10-16(11-9-15)25-12-4-3-7-18(25)26/h3-4,7-12,14,17,19H,5-6,13H2,1-2H3,(H2,22,27)(H,23,28). The van der Waals surface area contributed by atoms with E-state index >= 15 is 0 Å². The Kier molecular flexibility index (Phi) is 5.94. The number of carbonyl (C=O) groups excluding carboxylic acids is 2. The Labute approximate surface area is 164 Å². The predicted molar refractivity (Wildman–Crippen MR) is 107 cm³/mol. The van der Waals surface area contributed by atoms with Gasteiger partial charge in [-0.25, -0.2) is 0 Å². The van der Waals surface area contributed by atoms with Crippen molar-refractivity contribution in [2.45, 2.75) is 44.8 Å². The van der Waals surface area contributed by atoms with Crippen molar-refractivity contribution in [2.24, 2.45) is 5.73 Å². The Balaban J connectivity index is 1.76. The average molecular weight is 382 g/mol. The first-order valence-electron chi connectivity index (χ1n) is 9.52. The van der Waals surface area contributed by atoms with Gasteiger partial charge in [-0.2, -0.15) is 0 Å². The highest BCUT2D eigenvalue weighted by Gasteiger charge is 2.37. The molecule has 28 heavy (non-hydrogen) atoms. The van der Waals surface area contributed by atoms with Crippen LogP contribution in [0.25, 0.3) is 5.69 Å². The maximum atomic E-state index is 12.7. The normalized spacial score (nSPS) is 20.1. The Bertz CT molecular complexity index is 904. The molecule has 3 rings (SSSR count). The van der Waals surface area contributed by atoms with E-state index in [1.807, 2.05) is 18.7 Å². The minimum absolute atomic E-state index is 0.139. The zero-order valence-corrected chi connectivity index (χ0v) is 16.2. The quantitative estimate of drug-likeness (QED) is 0.814. The lowest BCUT2D eigenvalue weighted by molar-refractivity contribution is -0.126. The summed E-state index contributed by atoms with van der Waals surface area (Å²) in [7, 11) is 0. The lowest BCUT2D eigenvalue weighted by atomic mass is 9.93. The number of benzene rings is 1. The summed E-state index contributed by atoms with van der Waals surface area (Å²) in [5.74, 6) is -0.675. The van der Waals surface area contributed by atoms with Gasteiger partial charge >= 0.3 is 0 Å². The first-order chi connectivity index (χ1) is 13.4. The van der Waals surface area contributed by atoms with Gasteiger partial charge in [-0.05, 0) is 63.6 Å². The van der Waals surface area contributed by atoms with E-state index in [4.69, 9.17) is 5.73 Å². The molecule has 1 fully saturated rings. The monoisotopic (exact) mass is 382 g/mol. The van der Waals surface area contributed by atoms with Gasteiger partial charge in [0.2, 0.25) is 5.91 Å². The van der Waals surface area contributed by atoms with Gasteiger partial charge in [-0.15, -0.1) is 0 Å². The van der Waals surface area contributed by atoms with Crippen molar-refractivity contribution in [3.05, 3.63) is 64.6 Å². The average Bonchev–Trinajstić information content (AvgIpc) is 2.68. The van der Waals surface area contributed by atoms with Crippen LogP contribution in [0.3, 0.4) is 0 Å². The molecule has 1 aliphatic heterocycles. The number of pyridine rings is 1. The van der Waals surface area contributed by atoms with Crippen LogP contribution in [0.4, 0.5) is 0 Å². The molecule has 7 heteroatoms. The smallest absolute Gasteiger partial charge is 0.255 e. The lowest BCUT2D eigenvalue weighted by Gasteiger charge is -2.42. The molecular formula is C21H26N4O3. The lowest BCUT2D eigenvalue weighted by Crippen LogP contribution is -2.62. The molecule has 7 nitrogen and oxygen atoms in total. The van der Waals surface area contributed by atoms with E-state index in [9.17, 15) is 14.4 Å². The maximum absolute atomic E-state index is 12.7. The Morgan fingerprint density at radius 3 is 2.46 bits per heavy atom. The molecule has 0 saturated carbocycles. The number of nitrogens with one attached hydrogen (secondary N) is 1. The molecule has 1 aliphatic rings. The van der Waals surface area contributed by atoms with Gasteiger partial charge in [0.05, 0.1) is 6.04 Å². The number of carbonyl (C=O) groups is 2. The number of nitrogens with zero attached hydrogens (tertiary/aromatic N) is 2. The summed E-state index contributed by atoms with van der Waals surface area (Å²) in [5.41, 5.74) is 6.65. The largest absolute Gasteiger partial charge is 0.368 e. The van der Waals surface area contributed by atoms with Crippen LogP contribution in [0.5, 0.6) is 0 Å². The number of nitrogens with two attached hydrogens (primary N) is 1. The molecule has 148 valence electrons. The van der Waals surface area contributed by atoms with E-state index in [1.54, 1.807) is 42.6 Å². The fourth-order valence-electron chi connectivity index (χ4n) is 3.78. The number of primary amides is 1. The first-order valence-corrected chi connectivity index (χ1v) is 9.52. The van der Waals surface area contributed by atoms with E-state index in [0.29, 0.717) is 17.7 Å². The predicted octanol–water partition coefficient (Wildman–Crippen LogP) is 1.29. The number of piperidine rings is 1. The van der Waals surface area contributed by atoms with Gasteiger partial charge in [-0.1, -0.05) is 6.07 Å². The third-order valence-electron chi connectivity index (χ3n) is 5.17. The van der Waals surface area contributed by atoms with Gasteiger partial charge in [0.1, 0.15) is 6.04 Å². The van der Waals surface area contributed by atoms with Crippen molar-refractivity contribution < 1.29 is 9.59 Å². The SMILES string of the molecule is CC(C)N1CCCC(NC(=O)c2ccc(-n3ccccc3=O)cc2)C1C(N)=O. The van der Waals surface area contributed by atoms with Gasteiger partial charge in [0.25, 0.3) is 11.5 Å². The summed E-state index contributed by atoms with van der Waals surface area (Å²) < 4.78 is 1.51. The molecule has 1 aromatic carbocycles. The molecule has 2 heterocycles. The number of hydrogen-bond donors (Lipinski definition) is 2. The minimum Gasteiger partial charge on any atom is -0.368 e. The Hall–Kier alpha value is -2.93. The summed E-state index contributed by atoms with van der Waals surface area (Å²) in [6.07, 6.45) is 3.28. The van der Waals surface area contributed by atoms with Crippen LogP contribution in [0, 0.1) is 0 Å². The molecule has 2 amide bonds. The van der Waals surface area contributed by atoms with E-state index < -0.39 is 11.9 Å². The molecule has 1 aromatic heterocycles. The molecule has 1 saturated heterocycles. The van der Waals surface area contributed by atoms with Crippen molar-refractivity contribution in [1.29, 1.82) is 0 Å². The minimum atomic E-state index is -0.514. The number of aromatic nitrogens is 1. The summed E-state index contributed by atoms with van der Waals surface area (Å²) in [4.78, 5) is 38.7. The van der Waals surface area contributed by atoms with Crippen LogP contribution in [-0.2, 0) is 4.79 Å². The molecule has 0 spiro atoms. The van der Waals surface area contributed by atoms with Crippen LogP contribution < -0.4 is 16.6 Å². The second-order valence-electron chi connectivity index (χ2n) is 7.36. The molecule has 0 aliphatic carbocycles. The summed E-state index contributed by atoms with van der Waals surface area (Å²) >= 11 is 0. The molecule has 0 radical (unpaired) electrons. The molecule has 2 atom stereocenters. The molecule has 2 aromatic rings. The van der Waals surface area contributed by atoms with Gasteiger partial charge < -0.3 is 11.1 Å². The number of amides is 2. The van der Waals surface area contributed by atoms with Crippen molar-refractivity contribution in [2.75, 3.05) is 6.54 Å². The topological polar surface area (TPSA) is 97.4 Å². The highest BCUT2D eigenvalue weighted by Crippen LogP contribution is 2.21. The van der Waals surface area contributed by atoms with Crippen LogP contribution in [0.1, 0.15) is 37.0 Å². The van der Waals surface area contributed by atoms with Crippen LogP contribution >= 0.6 is 0 Å². The number of likely N-dealkylation sites (tertiary alicyclic amines) is 1. The fourth-order valence-corrected chi connectivity index (χ4v) is 3.78. The zero-order chi connectivity index (χ0) is 20.3. The Morgan fingerprint density at radius 2 is 1.86 bits per heavy atom. The maximum Gasteiger partial charge on any atom is 0.255 e. The van der Waals surface area contributed by atoms with E-state index in [-0.39, 0.29) is 23.6 Å². The summed E-state index contributed by atoms with van der Waals surface area (Å²) in [6.45, 7) is 4.83. The van der Waals surface area contributed by atoms with Gasteiger partial charge in [0.15, 0.2) is 0 Å². The highest BCUT2D eigenvalue weighted by atomic mass is 16.2. The van der Waals surface area contributed by atoms with Gasteiger partial charge in [0, 0.05) is 29.6 Å². The van der Waals surface area contributed by atoms with Crippen molar-refractivity contribution in [1.82, 2.24) is 14.8 Å². The van der Waals surface area contributed by atoms with Crippen molar-refractivity contribution in [3.8, 4) is 5.69 Å². The third kappa shape index (κ3) is 4.14. The summed E-state index contributed by atoms with van der Waals surface area (Å²) in [5, 5.41) is 2.97. The number of hydrogen-bond acceptors (Lipinski definition) is 4. The summed E-state index contributed by atoms with van der Waals surface area (Å²) in [6, 6.07) is 11.1.